The van der Waals surface area contributed by atoms with Crippen LogP contribution in [0.4, 0.5) is 11.4 Å². The van der Waals surface area contributed by atoms with Gasteiger partial charge in [0.25, 0.3) is 5.91 Å². The predicted octanol–water partition coefficient (Wildman–Crippen LogP) is 2.75. The number of benzene rings is 1. The molecule has 0 spiro atoms. The van der Waals surface area contributed by atoms with Crippen LogP contribution in [0.5, 0.6) is 0 Å². The number of carbonyl (C=O) groups is 1. The van der Waals surface area contributed by atoms with Gasteiger partial charge in [0.1, 0.15) is 5.69 Å². The zero-order valence-corrected chi connectivity index (χ0v) is 15.2. The largest absolute Gasteiger partial charge is 0.374 e. The van der Waals surface area contributed by atoms with Crippen molar-refractivity contribution in [3.8, 4) is 11.3 Å². The number of H-pyrrole nitrogens is 1. The van der Waals surface area contributed by atoms with Crippen LogP contribution in [0, 0.1) is 6.92 Å². The summed E-state index contributed by atoms with van der Waals surface area (Å²) in [6, 6.07) is 7.84. The van der Waals surface area contributed by atoms with Crippen LogP contribution in [-0.4, -0.2) is 39.5 Å². The SMILES string of the molecule is Cc1nn(C)cc1-c1cc(C(=O)Nc2ccc3c(c2)N(C)CCC3)[nH]n1. The van der Waals surface area contributed by atoms with Crippen LogP contribution in [-0.2, 0) is 13.5 Å². The average Bonchev–Trinajstić information content (AvgIpc) is 3.22. The normalized spacial score (nSPS) is 13.6. The van der Waals surface area contributed by atoms with Gasteiger partial charge in [0.2, 0.25) is 0 Å². The number of hydrogen-bond acceptors (Lipinski definition) is 4. The average molecular weight is 350 g/mol. The fourth-order valence-corrected chi connectivity index (χ4v) is 3.46. The summed E-state index contributed by atoms with van der Waals surface area (Å²) in [6.45, 7) is 2.96. The standard InChI is InChI=1S/C19H22N6O/c1-12-15(11-25(3)23-12)16-10-17(22-21-16)19(26)20-14-7-6-13-5-4-8-24(2)18(13)9-14/h6-7,9-11H,4-5,8H2,1-3H3,(H,20,26)(H,21,22). The highest BCUT2D eigenvalue weighted by Gasteiger charge is 2.17. The zero-order chi connectivity index (χ0) is 18.3. The van der Waals surface area contributed by atoms with E-state index in [4.69, 9.17) is 0 Å². The summed E-state index contributed by atoms with van der Waals surface area (Å²) in [5.74, 6) is -0.205. The first-order valence-electron chi connectivity index (χ1n) is 8.73. The van der Waals surface area contributed by atoms with E-state index in [1.54, 1.807) is 10.7 Å². The number of rotatable bonds is 3. The predicted molar refractivity (Wildman–Crippen MR) is 102 cm³/mol. The van der Waals surface area contributed by atoms with Crippen molar-refractivity contribution in [1.82, 2.24) is 20.0 Å². The summed E-state index contributed by atoms with van der Waals surface area (Å²) in [7, 11) is 3.95. The first-order valence-corrected chi connectivity index (χ1v) is 8.73. The second-order valence-corrected chi connectivity index (χ2v) is 6.79. The summed E-state index contributed by atoms with van der Waals surface area (Å²) in [5.41, 5.74) is 6.23. The highest BCUT2D eigenvalue weighted by Crippen LogP contribution is 2.29. The third-order valence-corrected chi connectivity index (χ3v) is 4.81. The minimum absolute atomic E-state index is 0.205. The first-order chi connectivity index (χ1) is 12.5. The molecule has 0 unspecified atom stereocenters. The molecule has 1 aliphatic heterocycles. The van der Waals surface area contributed by atoms with Crippen molar-refractivity contribution >= 4 is 17.3 Å². The minimum atomic E-state index is -0.205. The Bertz CT molecular complexity index is 970. The van der Waals surface area contributed by atoms with E-state index in [1.807, 2.05) is 32.3 Å². The quantitative estimate of drug-likeness (QED) is 0.761. The van der Waals surface area contributed by atoms with Gasteiger partial charge in [0.05, 0.1) is 11.4 Å². The van der Waals surface area contributed by atoms with Crippen LogP contribution in [0.1, 0.15) is 28.2 Å². The van der Waals surface area contributed by atoms with E-state index < -0.39 is 0 Å². The van der Waals surface area contributed by atoms with Gasteiger partial charge in [-0.2, -0.15) is 10.2 Å². The Morgan fingerprint density at radius 3 is 2.88 bits per heavy atom. The molecule has 0 atom stereocenters. The molecule has 7 heteroatoms. The van der Waals surface area contributed by atoms with Crippen molar-refractivity contribution < 1.29 is 4.79 Å². The van der Waals surface area contributed by atoms with Crippen LogP contribution in [0.2, 0.25) is 0 Å². The van der Waals surface area contributed by atoms with Gasteiger partial charge in [0, 0.05) is 43.8 Å². The lowest BCUT2D eigenvalue weighted by Crippen LogP contribution is -2.24. The van der Waals surface area contributed by atoms with E-state index >= 15 is 0 Å². The number of aromatic amines is 1. The van der Waals surface area contributed by atoms with Crippen molar-refractivity contribution in [3.63, 3.8) is 0 Å². The van der Waals surface area contributed by atoms with E-state index in [0.29, 0.717) is 11.4 Å². The zero-order valence-electron chi connectivity index (χ0n) is 15.2. The number of aryl methyl sites for hydroxylation is 3. The molecule has 1 aliphatic rings. The van der Waals surface area contributed by atoms with Crippen LogP contribution in [0.25, 0.3) is 11.3 Å². The van der Waals surface area contributed by atoms with Crippen LogP contribution in [0.3, 0.4) is 0 Å². The molecule has 0 saturated carbocycles. The summed E-state index contributed by atoms with van der Waals surface area (Å²) in [5, 5.41) is 14.4. The van der Waals surface area contributed by atoms with Crippen molar-refractivity contribution in [2.24, 2.45) is 7.05 Å². The number of nitrogens with zero attached hydrogens (tertiary/aromatic N) is 4. The van der Waals surface area contributed by atoms with E-state index in [0.717, 1.165) is 29.9 Å². The maximum absolute atomic E-state index is 12.6. The Labute approximate surface area is 152 Å². The lowest BCUT2D eigenvalue weighted by Gasteiger charge is -2.28. The molecule has 3 aromatic rings. The molecule has 3 heterocycles. The molecule has 1 aromatic carbocycles. The first kappa shape index (κ1) is 16.4. The van der Waals surface area contributed by atoms with Crippen LogP contribution < -0.4 is 10.2 Å². The summed E-state index contributed by atoms with van der Waals surface area (Å²) in [4.78, 5) is 14.8. The summed E-state index contributed by atoms with van der Waals surface area (Å²) in [6.07, 6.45) is 4.15. The topological polar surface area (TPSA) is 78.8 Å². The Morgan fingerprint density at radius 2 is 2.12 bits per heavy atom. The molecule has 26 heavy (non-hydrogen) atoms. The van der Waals surface area contributed by atoms with Crippen molar-refractivity contribution in [2.75, 3.05) is 23.8 Å². The van der Waals surface area contributed by atoms with Gasteiger partial charge in [-0.3, -0.25) is 14.6 Å². The number of hydrogen-bond donors (Lipinski definition) is 2. The molecule has 7 nitrogen and oxygen atoms in total. The van der Waals surface area contributed by atoms with Gasteiger partial charge in [-0.1, -0.05) is 6.07 Å². The molecule has 0 bridgehead atoms. The molecular formula is C19H22N6O. The second-order valence-electron chi connectivity index (χ2n) is 6.79. The fraction of sp³-hybridized carbons (Fsp3) is 0.316. The van der Waals surface area contributed by atoms with E-state index in [2.05, 4.69) is 38.6 Å². The molecule has 0 aliphatic carbocycles. The highest BCUT2D eigenvalue weighted by atomic mass is 16.1. The molecule has 0 saturated heterocycles. The Hall–Kier alpha value is -3.09. The maximum Gasteiger partial charge on any atom is 0.273 e. The van der Waals surface area contributed by atoms with Gasteiger partial charge in [-0.25, -0.2) is 0 Å². The number of anilines is 2. The van der Waals surface area contributed by atoms with Gasteiger partial charge in [0.15, 0.2) is 0 Å². The number of amides is 1. The molecule has 134 valence electrons. The number of fused-ring (bicyclic) bond motifs is 1. The molecule has 2 aromatic heterocycles. The smallest absolute Gasteiger partial charge is 0.273 e. The molecule has 1 amide bonds. The molecule has 4 rings (SSSR count). The second kappa shape index (κ2) is 6.33. The lowest BCUT2D eigenvalue weighted by atomic mass is 10.0. The summed E-state index contributed by atoms with van der Waals surface area (Å²) < 4.78 is 1.74. The third-order valence-electron chi connectivity index (χ3n) is 4.81. The molecule has 0 fully saturated rings. The van der Waals surface area contributed by atoms with Gasteiger partial charge >= 0.3 is 0 Å². The number of carbonyl (C=O) groups excluding carboxylic acids is 1. The Morgan fingerprint density at radius 1 is 1.27 bits per heavy atom. The van der Waals surface area contributed by atoms with Crippen molar-refractivity contribution in [2.45, 2.75) is 19.8 Å². The monoisotopic (exact) mass is 350 g/mol. The van der Waals surface area contributed by atoms with E-state index in [-0.39, 0.29) is 5.91 Å². The minimum Gasteiger partial charge on any atom is -0.374 e. The van der Waals surface area contributed by atoms with E-state index in [9.17, 15) is 4.79 Å². The van der Waals surface area contributed by atoms with Gasteiger partial charge < -0.3 is 10.2 Å². The number of nitrogens with one attached hydrogen (secondary N) is 2. The van der Waals surface area contributed by atoms with Crippen molar-refractivity contribution in [1.29, 1.82) is 0 Å². The highest BCUT2D eigenvalue weighted by molar-refractivity contribution is 6.03. The fourth-order valence-electron chi connectivity index (χ4n) is 3.46. The third kappa shape index (κ3) is 2.96. The summed E-state index contributed by atoms with van der Waals surface area (Å²) >= 11 is 0. The van der Waals surface area contributed by atoms with Crippen LogP contribution >= 0.6 is 0 Å². The van der Waals surface area contributed by atoms with Crippen molar-refractivity contribution in [3.05, 3.63) is 47.4 Å². The number of aromatic nitrogens is 4. The Balaban J connectivity index is 1.54. The van der Waals surface area contributed by atoms with Crippen LogP contribution in [0.15, 0.2) is 30.5 Å². The maximum atomic E-state index is 12.6. The molecule has 2 N–H and O–H groups in total. The van der Waals surface area contributed by atoms with Gasteiger partial charge in [-0.15, -0.1) is 0 Å². The molecule has 0 radical (unpaired) electrons. The molecular weight excluding hydrogens is 328 g/mol. The lowest BCUT2D eigenvalue weighted by molar-refractivity contribution is 0.102. The Kier molecular flexibility index (Phi) is 3.99. The van der Waals surface area contributed by atoms with E-state index in [1.165, 1.54) is 17.7 Å². The van der Waals surface area contributed by atoms with Gasteiger partial charge in [-0.05, 0) is 43.5 Å².